The number of rotatable bonds is 5. The molecule has 0 aliphatic rings. The Bertz CT molecular complexity index is 390. The summed E-state index contributed by atoms with van der Waals surface area (Å²) in [6.07, 6.45) is -4.91. The van der Waals surface area contributed by atoms with Crippen molar-refractivity contribution < 1.29 is 18.0 Å². The summed E-state index contributed by atoms with van der Waals surface area (Å²) in [5.41, 5.74) is 1.45. The van der Waals surface area contributed by atoms with E-state index in [1.165, 1.54) is 0 Å². The van der Waals surface area contributed by atoms with E-state index in [0.29, 0.717) is 11.5 Å². The van der Waals surface area contributed by atoms with Crippen LogP contribution in [0.25, 0.3) is 0 Å². The fourth-order valence-electron chi connectivity index (χ4n) is 1.70. The van der Waals surface area contributed by atoms with Gasteiger partial charge in [0.2, 0.25) is 0 Å². The molecule has 1 aromatic carbocycles. The molecule has 4 heteroatoms. The summed E-state index contributed by atoms with van der Waals surface area (Å²) in [4.78, 5) is 11.5. The standard InChI is InChI=1S/C14H17F3O/c1-10(2)9-11-3-5-12(6-4-11)13(18)7-8-14(15,16)17/h3-6,10H,7-9H2,1-2H3. The Morgan fingerprint density at radius 3 is 2.17 bits per heavy atom. The molecule has 0 heterocycles. The topological polar surface area (TPSA) is 17.1 Å². The zero-order valence-electron chi connectivity index (χ0n) is 10.6. The number of ketones is 1. The monoisotopic (exact) mass is 258 g/mol. The highest BCUT2D eigenvalue weighted by atomic mass is 19.4. The van der Waals surface area contributed by atoms with Gasteiger partial charge in [-0.15, -0.1) is 0 Å². The first-order valence-corrected chi connectivity index (χ1v) is 5.97. The number of carbonyl (C=O) groups excluding carboxylic acids is 1. The Hall–Kier alpha value is -1.32. The average Bonchev–Trinajstić information content (AvgIpc) is 2.25. The zero-order chi connectivity index (χ0) is 13.8. The predicted molar refractivity (Wildman–Crippen MR) is 64.6 cm³/mol. The Morgan fingerprint density at radius 1 is 1.17 bits per heavy atom. The van der Waals surface area contributed by atoms with E-state index in [-0.39, 0.29) is 0 Å². The van der Waals surface area contributed by atoms with E-state index in [1.54, 1.807) is 24.3 Å². The van der Waals surface area contributed by atoms with Crippen molar-refractivity contribution in [2.45, 2.75) is 39.3 Å². The summed E-state index contributed by atoms with van der Waals surface area (Å²) in [7, 11) is 0. The van der Waals surface area contributed by atoms with Gasteiger partial charge in [-0.1, -0.05) is 38.1 Å². The number of carbonyl (C=O) groups is 1. The first-order valence-electron chi connectivity index (χ1n) is 5.97. The average molecular weight is 258 g/mol. The van der Waals surface area contributed by atoms with Crippen LogP contribution in [0.1, 0.15) is 42.6 Å². The minimum atomic E-state index is -4.27. The summed E-state index contributed by atoms with van der Waals surface area (Å²) in [5, 5.41) is 0. The van der Waals surface area contributed by atoms with E-state index in [9.17, 15) is 18.0 Å². The van der Waals surface area contributed by atoms with Crippen molar-refractivity contribution in [2.75, 3.05) is 0 Å². The minimum Gasteiger partial charge on any atom is -0.294 e. The predicted octanol–water partition coefficient (Wildman–Crippen LogP) is 4.41. The third-order valence-electron chi connectivity index (χ3n) is 2.56. The SMILES string of the molecule is CC(C)Cc1ccc(C(=O)CCC(F)(F)F)cc1. The maximum atomic E-state index is 12.0. The van der Waals surface area contributed by atoms with Gasteiger partial charge in [0.05, 0.1) is 6.42 Å². The highest BCUT2D eigenvalue weighted by Gasteiger charge is 2.28. The van der Waals surface area contributed by atoms with Crippen LogP contribution >= 0.6 is 0 Å². The summed E-state index contributed by atoms with van der Waals surface area (Å²) >= 11 is 0. The van der Waals surface area contributed by atoms with Gasteiger partial charge in [0, 0.05) is 12.0 Å². The maximum Gasteiger partial charge on any atom is 0.389 e. The molecular weight excluding hydrogens is 241 g/mol. The smallest absolute Gasteiger partial charge is 0.294 e. The van der Waals surface area contributed by atoms with Gasteiger partial charge >= 0.3 is 6.18 Å². The number of hydrogen-bond acceptors (Lipinski definition) is 1. The lowest BCUT2D eigenvalue weighted by molar-refractivity contribution is -0.133. The van der Waals surface area contributed by atoms with Gasteiger partial charge in [-0.2, -0.15) is 13.2 Å². The molecule has 0 bridgehead atoms. The molecule has 0 radical (unpaired) electrons. The van der Waals surface area contributed by atoms with Crippen molar-refractivity contribution >= 4 is 5.78 Å². The van der Waals surface area contributed by atoms with Gasteiger partial charge in [-0.3, -0.25) is 4.79 Å². The van der Waals surface area contributed by atoms with Crippen LogP contribution in [0.2, 0.25) is 0 Å². The van der Waals surface area contributed by atoms with Gasteiger partial charge in [0.1, 0.15) is 0 Å². The first-order chi connectivity index (χ1) is 8.28. The Kier molecular flexibility index (Phi) is 4.93. The molecule has 0 aliphatic heterocycles. The largest absolute Gasteiger partial charge is 0.389 e. The van der Waals surface area contributed by atoms with E-state index >= 15 is 0 Å². The Labute approximate surface area is 105 Å². The molecule has 0 aromatic heterocycles. The number of alkyl halides is 3. The lowest BCUT2D eigenvalue weighted by Crippen LogP contribution is -2.11. The fourth-order valence-corrected chi connectivity index (χ4v) is 1.70. The van der Waals surface area contributed by atoms with E-state index in [1.807, 2.05) is 0 Å². The second-order valence-electron chi connectivity index (χ2n) is 4.83. The molecule has 0 spiro atoms. The van der Waals surface area contributed by atoms with Crippen LogP contribution in [0.15, 0.2) is 24.3 Å². The molecule has 0 N–H and O–H groups in total. The zero-order valence-corrected chi connectivity index (χ0v) is 10.6. The molecule has 1 nitrogen and oxygen atoms in total. The fraction of sp³-hybridized carbons (Fsp3) is 0.500. The molecule has 0 amide bonds. The van der Waals surface area contributed by atoms with Crippen molar-refractivity contribution in [3.63, 3.8) is 0 Å². The van der Waals surface area contributed by atoms with Crippen LogP contribution in [-0.4, -0.2) is 12.0 Å². The Morgan fingerprint density at radius 2 is 1.72 bits per heavy atom. The molecule has 18 heavy (non-hydrogen) atoms. The molecule has 0 saturated heterocycles. The van der Waals surface area contributed by atoms with Crippen molar-refractivity contribution in [3.05, 3.63) is 35.4 Å². The third kappa shape index (κ3) is 5.34. The molecule has 1 aromatic rings. The molecular formula is C14H17F3O. The Balaban J connectivity index is 2.59. The number of halogens is 3. The molecule has 0 unspecified atom stereocenters. The van der Waals surface area contributed by atoms with Gasteiger partial charge < -0.3 is 0 Å². The number of benzene rings is 1. The third-order valence-corrected chi connectivity index (χ3v) is 2.56. The second-order valence-corrected chi connectivity index (χ2v) is 4.83. The lowest BCUT2D eigenvalue weighted by Gasteiger charge is -2.07. The van der Waals surface area contributed by atoms with E-state index in [4.69, 9.17) is 0 Å². The second kappa shape index (κ2) is 6.03. The van der Waals surface area contributed by atoms with E-state index in [2.05, 4.69) is 13.8 Å². The van der Waals surface area contributed by atoms with E-state index < -0.39 is 24.8 Å². The highest BCUT2D eigenvalue weighted by molar-refractivity contribution is 5.96. The summed E-state index contributed by atoms with van der Waals surface area (Å²) in [6.45, 7) is 4.17. The molecule has 100 valence electrons. The highest BCUT2D eigenvalue weighted by Crippen LogP contribution is 2.22. The summed E-state index contributed by atoms with van der Waals surface area (Å²) < 4.78 is 36.0. The van der Waals surface area contributed by atoms with Crippen molar-refractivity contribution in [2.24, 2.45) is 5.92 Å². The number of Topliss-reactive ketones (excluding diaryl/α,β-unsaturated/α-hetero) is 1. The maximum absolute atomic E-state index is 12.0. The lowest BCUT2D eigenvalue weighted by atomic mass is 9.99. The molecule has 0 saturated carbocycles. The normalized spacial score (nSPS) is 11.9. The quantitative estimate of drug-likeness (QED) is 0.715. The van der Waals surface area contributed by atoms with Crippen LogP contribution in [0, 0.1) is 5.92 Å². The van der Waals surface area contributed by atoms with Crippen LogP contribution < -0.4 is 0 Å². The molecule has 0 aliphatic carbocycles. The molecule has 1 rings (SSSR count). The van der Waals surface area contributed by atoms with Gasteiger partial charge in [-0.25, -0.2) is 0 Å². The first kappa shape index (κ1) is 14.7. The van der Waals surface area contributed by atoms with Gasteiger partial charge in [-0.05, 0) is 17.9 Å². The minimum absolute atomic E-state index is 0.353. The summed E-state index contributed by atoms with van der Waals surface area (Å²) in [5.74, 6) is 0.0557. The van der Waals surface area contributed by atoms with Gasteiger partial charge in [0.25, 0.3) is 0 Å². The van der Waals surface area contributed by atoms with Gasteiger partial charge in [0.15, 0.2) is 5.78 Å². The van der Waals surface area contributed by atoms with Crippen LogP contribution in [0.5, 0.6) is 0 Å². The number of hydrogen-bond donors (Lipinski definition) is 0. The van der Waals surface area contributed by atoms with Crippen molar-refractivity contribution in [3.8, 4) is 0 Å². The van der Waals surface area contributed by atoms with E-state index in [0.717, 1.165) is 12.0 Å². The van der Waals surface area contributed by atoms with Crippen molar-refractivity contribution in [1.29, 1.82) is 0 Å². The van der Waals surface area contributed by atoms with Crippen molar-refractivity contribution in [1.82, 2.24) is 0 Å². The van der Waals surface area contributed by atoms with Crippen LogP contribution in [0.3, 0.4) is 0 Å². The molecule has 0 atom stereocenters. The summed E-state index contributed by atoms with van der Waals surface area (Å²) in [6, 6.07) is 6.83. The van der Waals surface area contributed by atoms with Crippen LogP contribution in [-0.2, 0) is 6.42 Å². The van der Waals surface area contributed by atoms with Crippen LogP contribution in [0.4, 0.5) is 13.2 Å². The molecule has 0 fully saturated rings.